The highest BCUT2D eigenvalue weighted by Gasteiger charge is 2.36. The van der Waals surface area contributed by atoms with E-state index >= 15 is 0 Å². The molecule has 0 spiro atoms. The van der Waals surface area contributed by atoms with Crippen molar-refractivity contribution < 1.29 is 5.11 Å². The van der Waals surface area contributed by atoms with Crippen LogP contribution in [0.15, 0.2) is 12.2 Å². The molecule has 0 aliphatic rings. The maximum absolute atomic E-state index is 10.1. The highest BCUT2D eigenvalue weighted by Crippen LogP contribution is 2.37. The van der Waals surface area contributed by atoms with E-state index in [0.717, 1.165) is 24.8 Å². The Kier molecular flexibility index (Phi) is 5.01. The first-order chi connectivity index (χ1) is 6.68. The summed E-state index contributed by atoms with van der Waals surface area (Å²) in [7, 11) is 0. The molecule has 0 amide bonds. The van der Waals surface area contributed by atoms with Gasteiger partial charge in [-0.1, -0.05) is 32.9 Å². The Morgan fingerprint density at radius 2 is 1.80 bits per heavy atom. The minimum atomic E-state index is -0.461. The molecule has 3 N–H and O–H groups in total. The molecule has 0 aromatic carbocycles. The smallest absolute Gasteiger partial charge is 0.0798 e. The molecule has 0 fully saturated rings. The molecule has 0 bridgehead atoms. The van der Waals surface area contributed by atoms with Crippen LogP contribution in [0.4, 0.5) is 0 Å². The van der Waals surface area contributed by atoms with Gasteiger partial charge in [0, 0.05) is 5.54 Å². The summed E-state index contributed by atoms with van der Waals surface area (Å²) in [6.07, 6.45) is 2.19. The molecule has 90 valence electrons. The number of rotatable bonds is 6. The lowest BCUT2D eigenvalue weighted by molar-refractivity contribution is 0.0383. The van der Waals surface area contributed by atoms with E-state index in [9.17, 15) is 5.11 Å². The van der Waals surface area contributed by atoms with Gasteiger partial charge in [0.2, 0.25) is 0 Å². The number of aliphatic hydroxyl groups excluding tert-OH is 1. The van der Waals surface area contributed by atoms with Crippen LogP contribution in [0, 0.1) is 5.41 Å². The summed E-state index contributed by atoms with van der Waals surface area (Å²) >= 11 is 0. The fourth-order valence-electron chi connectivity index (χ4n) is 2.06. The first-order valence-electron chi connectivity index (χ1n) is 5.81. The van der Waals surface area contributed by atoms with E-state index in [1.165, 1.54) is 0 Å². The van der Waals surface area contributed by atoms with Gasteiger partial charge < -0.3 is 10.8 Å². The first kappa shape index (κ1) is 14.7. The van der Waals surface area contributed by atoms with Crippen LogP contribution in [0.1, 0.15) is 53.9 Å². The average Bonchev–Trinajstić information content (AvgIpc) is 2.15. The van der Waals surface area contributed by atoms with Crippen LogP contribution in [-0.4, -0.2) is 16.7 Å². The quantitative estimate of drug-likeness (QED) is 0.666. The van der Waals surface area contributed by atoms with Gasteiger partial charge in [-0.3, -0.25) is 0 Å². The Morgan fingerprint density at radius 1 is 1.33 bits per heavy atom. The molecule has 0 saturated carbocycles. The van der Waals surface area contributed by atoms with Gasteiger partial charge in [0.1, 0.15) is 0 Å². The zero-order chi connectivity index (χ0) is 12.3. The molecule has 2 heteroatoms. The lowest BCUT2D eigenvalue weighted by atomic mass is 9.70. The molecule has 0 rings (SSSR count). The van der Waals surface area contributed by atoms with Crippen molar-refractivity contribution in [3.8, 4) is 0 Å². The van der Waals surface area contributed by atoms with Crippen LogP contribution in [0.3, 0.4) is 0 Å². The minimum absolute atomic E-state index is 0.161. The Hall–Kier alpha value is -0.340. The largest absolute Gasteiger partial charge is 0.388 e. The summed E-state index contributed by atoms with van der Waals surface area (Å²) in [6.45, 7) is 14.0. The Morgan fingerprint density at radius 3 is 2.07 bits per heavy atom. The second-order valence-electron chi connectivity index (χ2n) is 5.44. The molecule has 2 nitrogen and oxygen atoms in total. The molecule has 0 heterocycles. The molecule has 0 aromatic rings. The van der Waals surface area contributed by atoms with Gasteiger partial charge in [0.05, 0.1) is 6.10 Å². The lowest BCUT2D eigenvalue weighted by Crippen LogP contribution is -2.45. The van der Waals surface area contributed by atoms with Crippen LogP contribution in [0.5, 0.6) is 0 Å². The van der Waals surface area contributed by atoms with Crippen molar-refractivity contribution in [2.75, 3.05) is 0 Å². The molecule has 0 radical (unpaired) electrons. The van der Waals surface area contributed by atoms with Crippen molar-refractivity contribution in [1.82, 2.24) is 0 Å². The predicted octanol–water partition coefficient (Wildman–Crippen LogP) is 2.86. The highest BCUT2D eigenvalue weighted by molar-refractivity contribution is 5.06. The first-order valence-corrected chi connectivity index (χ1v) is 5.81. The summed E-state index contributed by atoms with van der Waals surface area (Å²) in [5.74, 6) is 0. The van der Waals surface area contributed by atoms with E-state index in [1.807, 2.05) is 13.8 Å². The highest BCUT2D eigenvalue weighted by atomic mass is 16.3. The van der Waals surface area contributed by atoms with E-state index in [-0.39, 0.29) is 11.0 Å². The van der Waals surface area contributed by atoms with Crippen molar-refractivity contribution in [3.63, 3.8) is 0 Å². The molecule has 3 unspecified atom stereocenters. The predicted molar refractivity (Wildman–Crippen MR) is 66.7 cm³/mol. The van der Waals surface area contributed by atoms with Crippen molar-refractivity contribution in [2.45, 2.75) is 65.5 Å². The standard InChI is InChI=1S/C13H27NO/c1-7-12(5,11(15)10(3)4)9-13(6,14)8-2/h11,15H,3,7-9,14H2,1-2,4-6H3. The topological polar surface area (TPSA) is 46.2 Å². The minimum Gasteiger partial charge on any atom is -0.388 e. The molecule has 0 aliphatic carbocycles. The summed E-state index contributed by atoms with van der Waals surface area (Å²) in [5.41, 5.74) is 6.63. The average molecular weight is 213 g/mol. The van der Waals surface area contributed by atoms with Crippen molar-refractivity contribution in [2.24, 2.45) is 11.1 Å². The van der Waals surface area contributed by atoms with Gasteiger partial charge in [-0.25, -0.2) is 0 Å². The van der Waals surface area contributed by atoms with E-state index in [2.05, 4.69) is 27.4 Å². The van der Waals surface area contributed by atoms with Crippen LogP contribution < -0.4 is 5.73 Å². The van der Waals surface area contributed by atoms with Crippen molar-refractivity contribution >= 4 is 0 Å². The second kappa shape index (κ2) is 5.13. The summed E-state index contributed by atoms with van der Waals surface area (Å²) in [4.78, 5) is 0. The lowest BCUT2D eigenvalue weighted by Gasteiger charge is -2.40. The summed E-state index contributed by atoms with van der Waals surface area (Å²) in [5, 5.41) is 10.1. The van der Waals surface area contributed by atoms with E-state index in [0.29, 0.717) is 0 Å². The van der Waals surface area contributed by atoms with Crippen LogP contribution >= 0.6 is 0 Å². The molecule has 0 aromatic heterocycles. The maximum Gasteiger partial charge on any atom is 0.0798 e. The summed E-state index contributed by atoms with van der Waals surface area (Å²) in [6, 6.07) is 0. The summed E-state index contributed by atoms with van der Waals surface area (Å²) < 4.78 is 0. The third-order valence-electron chi connectivity index (χ3n) is 3.55. The monoisotopic (exact) mass is 213 g/mol. The zero-order valence-corrected chi connectivity index (χ0v) is 10.9. The van der Waals surface area contributed by atoms with Gasteiger partial charge in [-0.15, -0.1) is 0 Å². The van der Waals surface area contributed by atoms with Crippen LogP contribution in [0.25, 0.3) is 0 Å². The maximum atomic E-state index is 10.1. The van der Waals surface area contributed by atoms with Gasteiger partial charge >= 0.3 is 0 Å². The van der Waals surface area contributed by atoms with Gasteiger partial charge in [0.25, 0.3) is 0 Å². The zero-order valence-electron chi connectivity index (χ0n) is 10.9. The number of hydrogen-bond acceptors (Lipinski definition) is 2. The van der Waals surface area contributed by atoms with Gasteiger partial charge in [0.15, 0.2) is 0 Å². The fraction of sp³-hybridized carbons (Fsp3) is 0.846. The normalized spacial score (nSPS) is 21.5. The van der Waals surface area contributed by atoms with Gasteiger partial charge in [-0.2, -0.15) is 0 Å². The number of hydrogen-bond donors (Lipinski definition) is 2. The molecular weight excluding hydrogens is 186 g/mol. The Balaban J connectivity index is 4.79. The molecular formula is C13H27NO. The Bertz CT molecular complexity index is 223. The second-order valence-corrected chi connectivity index (χ2v) is 5.44. The fourth-order valence-corrected chi connectivity index (χ4v) is 2.06. The van der Waals surface area contributed by atoms with E-state index in [4.69, 9.17) is 5.73 Å². The third-order valence-corrected chi connectivity index (χ3v) is 3.55. The SMILES string of the molecule is C=C(C)C(O)C(C)(CC)CC(C)(N)CC. The molecule has 3 atom stereocenters. The third kappa shape index (κ3) is 3.96. The number of aliphatic hydroxyl groups is 1. The van der Waals surface area contributed by atoms with Crippen LogP contribution in [-0.2, 0) is 0 Å². The number of nitrogens with two attached hydrogens (primary N) is 1. The molecule has 15 heavy (non-hydrogen) atoms. The van der Waals surface area contributed by atoms with Crippen molar-refractivity contribution in [3.05, 3.63) is 12.2 Å². The van der Waals surface area contributed by atoms with E-state index < -0.39 is 6.10 Å². The van der Waals surface area contributed by atoms with E-state index in [1.54, 1.807) is 0 Å². The molecule has 0 aliphatic heterocycles. The van der Waals surface area contributed by atoms with Crippen LogP contribution in [0.2, 0.25) is 0 Å². The molecule has 0 saturated heterocycles. The Labute approximate surface area is 94.6 Å². The van der Waals surface area contributed by atoms with Gasteiger partial charge in [-0.05, 0) is 38.5 Å². The van der Waals surface area contributed by atoms with Crippen molar-refractivity contribution in [1.29, 1.82) is 0 Å².